The van der Waals surface area contributed by atoms with Crippen LogP contribution in [0.25, 0.3) is 0 Å². The summed E-state index contributed by atoms with van der Waals surface area (Å²) in [5, 5.41) is 0. The van der Waals surface area contributed by atoms with Gasteiger partial charge >= 0.3 is 0 Å². The summed E-state index contributed by atoms with van der Waals surface area (Å²) in [6.07, 6.45) is 1.89. The van der Waals surface area contributed by atoms with Gasteiger partial charge in [0.1, 0.15) is 5.82 Å². The Hall–Kier alpha value is -3.19. The first-order valence-electron chi connectivity index (χ1n) is 10.1. The van der Waals surface area contributed by atoms with Crippen molar-refractivity contribution in [2.24, 2.45) is 0 Å². The molecular formula is C24H23FN2O3S. The fourth-order valence-corrected chi connectivity index (χ4v) is 4.50. The number of hydrogen-bond acceptors (Lipinski definition) is 3. The Morgan fingerprint density at radius 2 is 1.71 bits per heavy atom. The molecule has 0 saturated heterocycles. The third kappa shape index (κ3) is 4.94. The van der Waals surface area contributed by atoms with Crippen molar-refractivity contribution in [1.82, 2.24) is 4.90 Å². The Bertz CT molecular complexity index is 1190. The SMILES string of the molecule is Cc1ccc(S(=O)(=O)Nc2ccc(F)cc2)cc1C(=O)N(Cc1ccccc1)C1CC1. The quantitative estimate of drug-likeness (QED) is 0.579. The van der Waals surface area contributed by atoms with E-state index in [9.17, 15) is 17.6 Å². The van der Waals surface area contributed by atoms with Crippen LogP contribution in [-0.4, -0.2) is 25.3 Å². The molecule has 1 aliphatic rings. The van der Waals surface area contributed by atoms with Gasteiger partial charge in [0.05, 0.1) is 4.90 Å². The summed E-state index contributed by atoms with van der Waals surface area (Å²) in [6, 6.07) is 19.5. The van der Waals surface area contributed by atoms with Crippen LogP contribution in [0.5, 0.6) is 0 Å². The van der Waals surface area contributed by atoms with Crippen LogP contribution in [0.4, 0.5) is 10.1 Å². The molecule has 1 saturated carbocycles. The number of carbonyl (C=O) groups is 1. The maximum atomic E-state index is 13.4. The molecule has 31 heavy (non-hydrogen) atoms. The Morgan fingerprint density at radius 3 is 2.35 bits per heavy atom. The number of carbonyl (C=O) groups excluding carboxylic acids is 1. The number of aryl methyl sites for hydroxylation is 1. The molecule has 1 N–H and O–H groups in total. The number of nitrogens with one attached hydrogen (secondary N) is 1. The van der Waals surface area contributed by atoms with Crippen molar-refractivity contribution in [3.05, 3.63) is 95.3 Å². The molecule has 0 radical (unpaired) electrons. The van der Waals surface area contributed by atoms with Crippen LogP contribution in [-0.2, 0) is 16.6 Å². The van der Waals surface area contributed by atoms with Gasteiger partial charge in [-0.1, -0.05) is 36.4 Å². The zero-order chi connectivity index (χ0) is 22.0. The lowest BCUT2D eigenvalue weighted by Crippen LogP contribution is -2.33. The van der Waals surface area contributed by atoms with Crippen molar-refractivity contribution in [2.75, 3.05) is 4.72 Å². The highest BCUT2D eigenvalue weighted by Gasteiger charge is 2.34. The van der Waals surface area contributed by atoms with Crippen LogP contribution in [0.3, 0.4) is 0 Å². The Kier molecular flexibility index (Phi) is 5.78. The predicted molar refractivity (Wildman–Crippen MR) is 118 cm³/mol. The molecule has 0 aromatic heterocycles. The number of benzene rings is 3. The molecule has 0 spiro atoms. The largest absolute Gasteiger partial charge is 0.331 e. The zero-order valence-corrected chi connectivity index (χ0v) is 17.9. The molecule has 0 unspecified atom stereocenters. The summed E-state index contributed by atoms with van der Waals surface area (Å²) in [5.74, 6) is -0.632. The first kappa shape index (κ1) is 21.1. The van der Waals surface area contributed by atoms with Gasteiger partial charge in [-0.15, -0.1) is 0 Å². The van der Waals surface area contributed by atoms with Gasteiger partial charge in [-0.3, -0.25) is 9.52 Å². The molecular weight excluding hydrogens is 415 g/mol. The Labute approximate surface area is 181 Å². The minimum absolute atomic E-state index is 0.0127. The highest BCUT2D eigenvalue weighted by Crippen LogP contribution is 2.31. The Balaban J connectivity index is 1.61. The molecule has 1 fully saturated rings. The molecule has 5 nitrogen and oxygen atoms in total. The second kappa shape index (κ2) is 8.51. The lowest BCUT2D eigenvalue weighted by atomic mass is 10.1. The van der Waals surface area contributed by atoms with Crippen LogP contribution in [0.15, 0.2) is 77.7 Å². The van der Waals surface area contributed by atoms with E-state index in [1.165, 1.54) is 36.4 Å². The summed E-state index contributed by atoms with van der Waals surface area (Å²) in [6.45, 7) is 2.28. The molecule has 0 bridgehead atoms. The van der Waals surface area contributed by atoms with E-state index in [0.717, 1.165) is 18.4 Å². The molecule has 0 atom stereocenters. The number of nitrogens with zero attached hydrogens (tertiary/aromatic N) is 1. The van der Waals surface area contributed by atoms with E-state index in [2.05, 4.69) is 4.72 Å². The van der Waals surface area contributed by atoms with Crippen LogP contribution in [0.1, 0.15) is 34.3 Å². The smallest absolute Gasteiger partial charge is 0.261 e. The lowest BCUT2D eigenvalue weighted by molar-refractivity contribution is 0.0729. The van der Waals surface area contributed by atoms with E-state index in [4.69, 9.17) is 0 Å². The number of amides is 1. The molecule has 4 rings (SSSR count). The van der Waals surface area contributed by atoms with Crippen LogP contribution in [0.2, 0.25) is 0 Å². The van der Waals surface area contributed by atoms with E-state index >= 15 is 0 Å². The van der Waals surface area contributed by atoms with E-state index in [-0.39, 0.29) is 22.5 Å². The molecule has 1 amide bonds. The summed E-state index contributed by atoms with van der Waals surface area (Å²) < 4.78 is 41.2. The van der Waals surface area contributed by atoms with Crippen LogP contribution in [0, 0.1) is 12.7 Å². The summed E-state index contributed by atoms with van der Waals surface area (Å²) in [5.41, 5.74) is 2.36. The van der Waals surface area contributed by atoms with Crippen molar-refractivity contribution < 1.29 is 17.6 Å². The number of halogens is 1. The average Bonchev–Trinajstić information content (AvgIpc) is 3.59. The van der Waals surface area contributed by atoms with E-state index in [1.807, 2.05) is 35.2 Å². The van der Waals surface area contributed by atoms with Crippen molar-refractivity contribution >= 4 is 21.6 Å². The minimum atomic E-state index is -3.93. The van der Waals surface area contributed by atoms with Gasteiger partial charge in [-0.25, -0.2) is 12.8 Å². The highest BCUT2D eigenvalue weighted by atomic mass is 32.2. The predicted octanol–water partition coefficient (Wildman–Crippen LogP) is 4.74. The van der Waals surface area contributed by atoms with Crippen LogP contribution >= 0.6 is 0 Å². The second-order valence-corrected chi connectivity index (χ2v) is 9.42. The number of sulfonamides is 1. The van der Waals surface area contributed by atoms with Gasteiger partial charge in [-0.2, -0.15) is 0 Å². The molecule has 3 aromatic carbocycles. The van der Waals surface area contributed by atoms with Crippen molar-refractivity contribution in [1.29, 1.82) is 0 Å². The third-order valence-electron chi connectivity index (χ3n) is 5.29. The second-order valence-electron chi connectivity index (χ2n) is 7.74. The molecule has 1 aliphatic carbocycles. The van der Waals surface area contributed by atoms with Gasteiger partial charge in [-0.05, 0) is 67.3 Å². The fraction of sp³-hybridized carbons (Fsp3) is 0.208. The van der Waals surface area contributed by atoms with Crippen molar-refractivity contribution in [3.8, 4) is 0 Å². The Morgan fingerprint density at radius 1 is 1.03 bits per heavy atom. The molecule has 0 aliphatic heterocycles. The fourth-order valence-electron chi connectivity index (χ4n) is 3.42. The first-order valence-corrected chi connectivity index (χ1v) is 11.6. The minimum Gasteiger partial charge on any atom is -0.331 e. The number of rotatable bonds is 7. The van der Waals surface area contributed by atoms with E-state index < -0.39 is 15.8 Å². The van der Waals surface area contributed by atoms with Crippen molar-refractivity contribution in [3.63, 3.8) is 0 Å². The monoisotopic (exact) mass is 438 g/mol. The van der Waals surface area contributed by atoms with Crippen molar-refractivity contribution in [2.45, 2.75) is 37.2 Å². The van der Waals surface area contributed by atoms with Crippen LogP contribution < -0.4 is 4.72 Å². The zero-order valence-electron chi connectivity index (χ0n) is 17.1. The van der Waals surface area contributed by atoms with Gasteiger partial charge in [0.2, 0.25) is 0 Å². The normalized spacial score (nSPS) is 13.6. The molecule has 3 aromatic rings. The highest BCUT2D eigenvalue weighted by molar-refractivity contribution is 7.92. The van der Waals surface area contributed by atoms with Gasteiger partial charge in [0.15, 0.2) is 0 Å². The van der Waals surface area contributed by atoms with Gasteiger partial charge in [0, 0.05) is 23.8 Å². The summed E-state index contributed by atoms with van der Waals surface area (Å²) >= 11 is 0. The van der Waals surface area contributed by atoms with Gasteiger partial charge < -0.3 is 4.90 Å². The maximum absolute atomic E-state index is 13.4. The van der Waals surface area contributed by atoms with E-state index in [1.54, 1.807) is 13.0 Å². The number of anilines is 1. The van der Waals surface area contributed by atoms with E-state index in [0.29, 0.717) is 17.7 Å². The lowest BCUT2D eigenvalue weighted by Gasteiger charge is -2.24. The molecule has 160 valence electrons. The summed E-state index contributed by atoms with van der Waals surface area (Å²) in [4.78, 5) is 15.2. The maximum Gasteiger partial charge on any atom is 0.261 e. The average molecular weight is 439 g/mol. The standard InChI is InChI=1S/C24H23FN2O3S/c1-17-7-14-22(31(29,30)26-20-10-8-19(25)9-11-20)15-23(17)24(28)27(21-12-13-21)16-18-5-3-2-4-6-18/h2-11,14-15,21,26H,12-13,16H2,1H3. The molecule has 0 heterocycles. The third-order valence-corrected chi connectivity index (χ3v) is 6.67. The first-order chi connectivity index (χ1) is 14.8. The number of hydrogen-bond donors (Lipinski definition) is 1. The topological polar surface area (TPSA) is 66.5 Å². The molecule has 7 heteroatoms. The van der Waals surface area contributed by atoms with Gasteiger partial charge in [0.25, 0.3) is 15.9 Å². The summed E-state index contributed by atoms with van der Waals surface area (Å²) in [7, 11) is -3.93.